The number of hydrogen-bond acceptors (Lipinski definition) is 2. The topological polar surface area (TPSA) is 29.3 Å². The molecule has 1 aliphatic heterocycles. The van der Waals surface area contributed by atoms with E-state index in [-0.39, 0.29) is 6.04 Å². The summed E-state index contributed by atoms with van der Waals surface area (Å²) in [5, 5.41) is 1.43. The van der Waals surface area contributed by atoms with Gasteiger partial charge in [-0.2, -0.15) is 0 Å². The fraction of sp³-hybridized carbons (Fsp3) is 0.571. The van der Waals surface area contributed by atoms with Crippen LogP contribution < -0.4 is 5.73 Å². The van der Waals surface area contributed by atoms with E-state index in [4.69, 9.17) is 28.9 Å². The fourth-order valence-corrected chi connectivity index (χ4v) is 3.15. The van der Waals surface area contributed by atoms with Crippen LogP contribution >= 0.6 is 23.2 Å². The number of benzene rings is 1. The van der Waals surface area contributed by atoms with Crippen molar-refractivity contribution in [3.8, 4) is 0 Å². The number of piperidine rings is 1. The molecule has 1 aliphatic rings. The Balaban J connectivity index is 2.11. The van der Waals surface area contributed by atoms with Gasteiger partial charge in [-0.25, -0.2) is 0 Å². The molecule has 0 bridgehead atoms. The maximum absolute atomic E-state index is 6.23. The molecule has 0 saturated carbocycles. The van der Waals surface area contributed by atoms with E-state index in [1.165, 1.54) is 19.3 Å². The fourth-order valence-electron chi connectivity index (χ4n) is 2.68. The first-order valence-corrected chi connectivity index (χ1v) is 7.27. The first-order chi connectivity index (χ1) is 8.58. The van der Waals surface area contributed by atoms with Crippen molar-refractivity contribution in [2.75, 3.05) is 6.54 Å². The Hall–Kier alpha value is -0.280. The highest BCUT2D eigenvalue weighted by molar-refractivity contribution is 6.35. The van der Waals surface area contributed by atoms with Crippen LogP contribution in [-0.2, 0) is 6.54 Å². The van der Waals surface area contributed by atoms with Crippen molar-refractivity contribution in [1.29, 1.82) is 0 Å². The van der Waals surface area contributed by atoms with Crippen LogP contribution in [0.25, 0.3) is 0 Å². The normalized spacial score (nSPS) is 23.0. The molecule has 100 valence electrons. The predicted octanol–water partition coefficient (Wildman–Crippen LogP) is 3.70. The van der Waals surface area contributed by atoms with Gasteiger partial charge in [0.1, 0.15) is 0 Å². The minimum atomic E-state index is 0.205. The second kappa shape index (κ2) is 6.25. The molecule has 2 atom stereocenters. The molecule has 1 fully saturated rings. The molecule has 2 rings (SSSR count). The van der Waals surface area contributed by atoms with E-state index in [0.717, 1.165) is 23.7 Å². The number of nitrogens with zero attached hydrogens (tertiary/aromatic N) is 1. The first kappa shape index (κ1) is 14.1. The Morgan fingerprint density at radius 2 is 2.17 bits per heavy atom. The highest BCUT2D eigenvalue weighted by Crippen LogP contribution is 2.26. The second-order valence-corrected chi connectivity index (χ2v) is 5.97. The van der Waals surface area contributed by atoms with Gasteiger partial charge < -0.3 is 5.73 Å². The quantitative estimate of drug-likeness (QED) is 0.918. The summed E-state index contributed by atoms with van der Waals surface area (Å²) in [4.78, 5) is 2.45. The Bertz CT molecular complexity index is 407. The zero-order chi connectivity index (χ0) is 13.1. The summed E-state index contributed by atoms with van der Waals surface area (Å²) < 4.78 is 0. The number of nitrogens with two attached hydrogens (primary N) is 1. The molecule has 0 spiro atoms. The van der Waals surface area contributed by atoms with Crippen molar-refractivity contribution in [2.45, 2.75) is 44.8 Å². The van der Waals surface area contributed by atoms with Crippen molar-refractivity contribution in [3.05, 3.63) is 33.8 Å². The standard InChI is InChI=1S/C14H20Cl2N2/c1-10(17)14-4-2-3-7-18(14)9-11-5-6-12(15)8-13(11)16/h5-6,8,10,14H,2-4,7,9,17H2,1H3. The van der Waals surface area contributed by atoms with Crippen LogP contribution in [0, 0.1) is 0 Å². The van der Waals surface area contributed by atoms with E-state index >= 15 is 0 Å². The lowest BCUT2D eigenvalue weighted by atomic mass is 9.96. The van der Waals surface area contributed by atoms with Gasteiger partial charge in [0, 0.05) is 28.7 Å². The minimum absolute atomic E-state index is 0.205. The summed E-state index contributed by atoms with van der Waals surface area (Å²) in [5.41, 5.74) is 7.21. The van der Waals surface area contributed by atoms with Gasteiger partial charge in [0.25, 0.3) is 0 Å². The lowest BCUT2D eigenvalue weighted by Crippen LogP contribution is -2.48. The SMILES string of the molecule is CC(N)C1CCCCN1Cc1ccc(Cl)cc1Cl. The second-order valence-electron chi connectivity index (χ2n) is 5.13. The summed E-state index contributed by atoms with van der Waals surface area (Å²) in [6.07, 6.45) is 3.70. The molecule has 0 aromatic heterocycles. The average Bonchev–Trinajstić information content (AvgIpc) is 2.33. The maximum atomic E-state index is 6.23. The lowest BCUT2D eigenvalue weighted by molar-refractivity contribution is 0.123. The molecule has 18 heavy (non-hydrogen) atoms. The molecule has 2 N–H and O–H groups in total. The van der Waals surface area contributed by atoms with Crippen LogP contribution in [0.3, 0.4) is 0 Å². The number of rotatable bonds is 3. The van der Waals surface area contributed by atoms with E-state index in [9.17, 15) is 0 Å². The molecule has 1 heterocycles. The van der Waals surface area contributed by atoms with Crippen LogP contribution in [0.1, 0.15) is 31.7 Å². The summed E-state index contributed by atoms with van der Waals surface area (Å²) in [6, 6.07) is 6.39. The van der Waals surface area contributed by atoms with Gasteiger partial charge in [-0.1, -0.05) is 35.7 Å². The zero-order valence-electron chi connectivity index (χ0n) is 10.7. The molecule has 0 radical (unpaired) electrons. The van der Waals surface area contributed by atoms with Crippen LogP contribution in [0.2, 0.25) is 10.0 Å². The molecule has 1 aromatic rings. The maximum Gasteiger partial charge on any atom is 0.0465 e. The van der Waals surface area contributed by atoms with Gasteiger partial charge in [-0.15, -0.1) is 0 Å². The molecular weight excluding hydrogens is 267 g/mol. The van der Waals surface area contributed by atoms with Crippen molar-refractivity contribution < 1.29 is 0 Å². The molecular formula is C14H20Cl2N2. The van der Waals surface area contributed by atoms with Gasteiger partial charge >= 0.3 is 0 Å². The van der Waals surface area contributed by atoms with Crippen molar-refractivity contribution in [3.63, 3.8) is 0 Å². The molecule has 2 unspecified atom stereocenters. The molecule has 0 aliphatic carbocycles. The first-order valence-electron chi connectivity index (χ1n) is 6.51. The van der Waals surface area contributed by atoms with Gasteiger partial charge in [0.05, 0.1) is 0 Å². The van der Waals surface area contributed by atoms with E-state index < -0.39 is 0 Å². The van der Waals surface area contributed by atoms with Crippen molar-refractivity contribution in [1.82, 2.24) is 4.90 Å². The molecule has 2 nitrogen and oxygen atoms in total. The summed E-state index contributed by atoms with van der Waals surface area (Å²) in [6.45, 7) is 4.06. The summed E-state index contributed by atoms with van der Waals surface area (Å²) in [5.74, 6) is 0. The molecule has 4 heteroatoms. The van der Waals surface area contributed by atoms with Gasteiger partial charge in [0.2, 0.25) is 0 Å². The Morgan fingerprint density at radius 3 is 2.83 bits per heavy atom. The summed E-state index contributed by atoms with van der Waals surface area (Å²) in [7, 11) is 0. The van der Waals surface area contributed by atoms with Gasteiger partial charge in [0.15, 0.2) is 0 Å². The van der Waals surface area contributed by atoms with Crippen molar-refractivity contribution in [2.24, 2.45) is 5.73 Å². The van der Waals surface area contributed by atoms with Crippen LogP contribution in [0.4, 0.5) is 0 Å². The van der Waals surface area contributed by atoms with Gasteiger partial charge in [-0.05, 0) is 44.0 Å². The van der Waals surface area contributed by atoms with Crippen LogP contribution in [0.5, 0.6) is 0 Å². The zero-order valence-corrected chi connectivity index (χ0v) is 12.2. The van der Waals surface area contributed by atoms with Crippen molar-refractivity contribution >= 4 is 23.2 Å². The summed E-state index contributed by atoms with van der Waals surface area (Å²) >= 11 is 12.2. The van der Waals surface area contributed by atoms with E-state index in [0.29, 0.717) is 11.1 Å². The van der Waals surface area contributed by atoms with E-state index in [1.807, 2.05) is 18.2 Å². The number of likely N-dealkylation sites (tertiary alicyclic amines) is 1. The van der Waals surface area contributed by atoms with Crippen LogP contribution in [0.15, 0.2) is 18.2 Å². The number of halogens is 2. The monoisotopic (exact) mass is 286 g/mol. The third kappa shape index (κ3) is 3.39. The van der Waals surface area contributed by atoms with E-state index in [2.05, 4.69) is 11.8 Å². The highest BCUT2D eigenvalue weighted by Gasteiger charge is 2.25. The average molecular weight is 287 g/mol. The third-order valence-corrected chi connectivity index (χ3v) is 4.25. The molecule has 0 amide bonds. The third-order valence-electron chi connectivity index (χ3n) is 3.66. The number of hydrogen-bond donors (Lipinski definition) is 1. The van der Waals surface area contributed by atoms with Crippen LogP contribution in [-0.4, -0.2) is 23.5 Å². The lowest BCUT2D eigenvalue weighted by Gasteiger charge is -2.38. The largest absolute Gasteiger partial charge is 0.327 e. The van der Waals surface area contributed by atoms with E-state index in [1.54, 1.807) is 0 Å². The highest BCUT2D eigenvalue weighted by atomic mass is 35.5. The minimum Gasteiger partial charge on any atom is -0.327 e. The Labute approximate surface area is 119 Å². The Kier molecular flexibility index (Phi) is 4.91. The van der Waals surface area contributed by atoms with Gasteiger partial charge in [-0.3, -0.25) is 4.90 Å². The molecule has 1 saturated heterocycles. The smallest absolute Gasteiger partial charge is 0.0465 e. The Morgan fingerprint density at radius 1 is 1.39 bits per heavy atom. The predicted molar refractivity (Wildman–Crippen MR) is 78.2 cm³/mol. The molecule has 1 aromatic carbocycles.